The van der Waals surface area contributed by atoms with Crippen LogP contribution >= 0.6 is 0 Å². The average molecular weight is 504 g/mol. The van der Waals surface area contributed by atoms with Gasteiger partial charge in [-0.3, -0.25) is 0 Å². The molecule has 0 spiro atoms. The minimum absolute atomic E-state index is 0.609. The first-order valence-electron chi connectivity index (χ1n) is 10.6. The first kappa shape index (κ1) is 27.9. The van der Waals surface area contributed by atoms with E-state index in [1.54, 1.807) is 0 Å². The first-order chi connectivity index (χ1) is 16.0. The molecule has 34 heavy (non-hydrogen) atoms. The van der Waals surface area contributed by atoms with Crippen LogP contribution in [0.15, 0.2) is 0 Å². The highest BCUT2D eigenvalue weighted by Gasteiger charge is 2.51. The molecule has 0 aromatic rings. The predicted octanol–water partition coefficient (Wildman–Crippen LogP) is -7.57. The molecule has 16 heteroatoms. The van der Waals surface area contributed by atoms with Gasteiger partial charge < -0.3 is 79.9 Å². The maximum Gasteiger partial charge on any atom is 0.187 e. The zero-order chi connectivity index (χ0) is 25.3. The highest BCUT2D eigenvalue weighted by molar-refractivity contribution is 4.94. The predicted molar refractivity (Wildman–Crippen MR) is 101 cm³/mol. The quantitative estimate of drug-likeness (QED) is 0.154. The Balaban J connectivity index is 1.65. The number of hydrogen-bond acceptors (Lipinski definition) is 16. The number of hydrogen-bond donors (Lipinski definition) is 11. The Bertz CT molecular complexity index is 637. The summed E-state index contributed by atoms with van der Waals surface area (Å²) in [5, 5.41) is 109. The molecule has 3 aliphatic heterocycles. The van der Waals surface area contributed by atoms with Crippen molar-refractivity contribution in [2.24, 2.45) is 0 Å². The summed E-state index contributed by atoms with van der Waals surface area (Å²) < 4.78 is 26.1. The van der Waals surface area contributed by atoms with Crippen molar-refractivity contribution in [3.63, 3.8) is 0 Å². The van der Waals surface area contributed by atoms with Crippen molar-refractivity contribution in [2.45, 2.75) is 92.1 Å². The molecule has 0 aromatic carbocycles. The molecule has 0 unspecified atom stereocenters. The van der Waals surface area contributed by atoms with Crippen LogP contribution in [0, 0.1) is 0 Å². The molecule has 0 aromatic heterocycles. The second kappa shape index (κ2) is 11.6. The zero-order valence-corrected chi connectivity index (χ0v) is 17.7. The third-order valence-electron chi connectivity index (χ3n) is 6.07. The molecule has 0 bridgehead atoms. The van der Waals surface area contributed by atoms with E-state index < -0.39 is 112 Å². The van der Waals surface area contributed by atoms with Crippen molar-refractivity contribution < 1.29 is 79.9 Å². The first-order valence-corrected chi connectivity index (χ1v) is 10.6. The van der Waals surface area contributed by atoms with Crippen LogP contribution in [-0.2, 0) is 23.7 Å². The largest absolute Gasteiger partial charge is 0.394 e. The van der Waals surface area contributed by atoms with Crippen molar-refractivity contribution in [3.05, 3.63) is 0 Å². The van der Waals surface area contributed by atoms with Crippen molar-refractivity contribution in [2.75, 3.05) is 19.8 Å². The molecule has 0 aliphatic carbocycles. The van der Waals surface area contributed by atoms with E-state index in [9.17, 15) is 56.2 Å². The Morgan fingerprint density at radius 2 is 1.00 bits per heavy atom. The summed E-state index contributed by atoms with van der Waals surface area (Å²) in [5.74, 6) is 0. The summed E-state index contributed by atoms with van der Waals surface area (Å²) in [5.41, 5.74) is 0. The lowest BCUT2D eigenvalue weighted by atomic mass is 9.97. The van der Waals surface area contributed by atoms with Crippen LogP contribution in [-0.4, -0.2) is 168 Å². The van der Waals surface area contributed by atoms with Gasteiger partial charge in [0.1, 0.15) is 73.2 Å². The maximum absolute atomic E-state index is 10.6. The second-order valence-electron chi connectivity index (χ2n) is 8.37. The molecular formula is C18H32O16. The summed E-state index contributed by atoms with van der Waals surface area (Å²) >= 11 is 0. The van der Waals surface area contributed by atoms with Gasteiger partial charge in [0.15, 0.2) is 18.9 Å². The number of aliphatic hydroxyl groups excluding tert-OH is 11. The Morgan fingerprint density at radius 3 is 1.53 bits per heavy atom. The summed E-state index contributed by atoms with van der Waals surface area (Å²) in [6.45, 7) is -2.06. The molecular weight excluding hydrogens is 472 g/mol. The van der Waals surface area contributed by atoms with Gasteiger partial charge >= 0.3 is 0 Å². The normalized spacial score (nSPS) is 52.5. The van der Waals surface area contributed by atoms with Crippen LogP contribution in [0.25, 0.3) is 0 Å². The van der Waals surface area contributed by atoms with E-state index in [1.807, 2.05) is 0 Å². The molecule has 3 aliphatic rings. The van der Waals surface area contributed by atoms with Gasteiger partial charge in [-0.2, -0.15) is 0 Å². The van der Waals surface area contributed by atoms with E-state index in [-0.39, 0.29) is 0 Å². The van der Waals surface area contributed by atoms with Gasteiger partial charge in [0.05, 0.1) is 19.8 Å². The Hall–Kier alpha value is -0.640. The maximum atomic E-state index is 10.6. The van der Waals surface area contributed by atoms with Crippen molar-refractivity contribution in [1.82, 2.24) is 0 Å². The van der Waals surface area contributed by atoms with Gasteiger partial charge in [-0.25, -0.2) is 0 Å². The van der Waals surface area contributed by atoms with E-state index in [1.165, 1.54) is 0 Å². The number of ether oxygens (including phenoxy) is 5. The molecule has 16 nitrogen and oxygen atoms in total. The fraction of sp³-hybridized carbons (Fsp3) is 1.00. The van der Waals surface area contributed by atoms with Crippen molar-refractivity contribution >= 4 is 0 Å². The summed E-state index contributed by atoms with van der Waals surface area (Å²) in [6, 6.07) is 0. The monoisotopic (exact) mass is 504 g/mol. The fourth-order valence-electron chi connectivity index (χ4n) is 3.94. The molecule has 15 atom stereocenters. The second-order valence-corrected chi connectivity index (χ2v) is 8.37. The molecule has 200 valence electrons. The summed E-state index contributed by atoms with van der Waals surface area (Å²) in [7, 11) is 0. The molecule has 0 amide bonds. The Labute approximate surface area is 192 Å². The van der Waals surface area contributed by atoms with Crippen LogP contribution in [0.1, 0.15) is 0 Å². The lowest BCUT2D eigenvalue weighted by Crippen LogP contribution is -2.65. The van der Waals surface area contributed by atoms with E-state index >= 15 is 0 Å². The SMILES string of the molecule is OC[C@H]1O[C@H](OC[C@H]2O[C@@H](O)[C@H](O)[C@@H](O[C@H]3O[C@H](CO)[C@@H](O)[C@H](O)[C@H]3O)[C@@H]2O)[C@H](O)[C@@H](O)[C@@H]1O. The molecule has 3 rings (SSSR count). The Kier molecular flexibility index (Phi) is 9.54. The third kappa shape index (κ3) is 5.52. The minimum atomic E-state index is -1.93. The Morgan fingerprint density at radius 1 is 0.500 bits per heavy atom. The van der Waals surface area contributed by atoms with Crippen molar-refractivity contribution in [1.29, 1.82) is 0 Å². The lowest BCUT2D eigenvalue weighted by molar-refractivity contribution is -0.361. The molecule has 3 fully saturated rings. The summed E-state index contributed by atoms with van der Waals surface area (Å²) in [4.78, 5) is 0. The molecule has 0 saturated carbocycles. The average Bonchev–Trinajstić information content (AvgIpc) is 2.82. The number of aliphatic hydroxyl groups is 11. The van der Waals surface area contributed by atoms with E-state index in [2.05, 4.69) is 0 Å². The highest BCUT2D eigenvalue weighted by Crippen LogP contribution is 2.29. The van der Waals surface area contributed by atoms with Gasteiger partial charge in [0.2, 0.25) is 0 Å². The van der Waals surface area contributed by atoms with Crippen LogP contribution < -0.4 is 0 Å². The summed E-state index contributed by atoms with van der Waals surface area (Å²) in [6.07, 6.45) is -24.9. The molecule has 0 radical (unpaired) electrons. The van der Waals surface area contributed by atoms with Gasteiger partial charge in [-0.05, 0) is 0 Å². The zero-order valence-electron chi connectivity index (χ0n) is 17.7. The topological polar surface area (TPSA) is 269 Å². The van der Waals surface area contributed by atoms with Crippen molar-refractivity contribution in [3.8, 4) is 0 Å². The van der Waals surface area contributed by atoms with Crippen LogP contribution in [0.3, 0.4) is 0 Å². The van der Waals surface area contributed by atoms with Crippen LogP contribution in [0.2, 0.25) is 0 Å². The molecule has 3 heterocycles. The van der Waals surface area contributed by atoms with Crippen LogP contribution in [0.5, 0.6) is 0 Å². The highest BCUT2D eigenvalue weighted by atomic mass is 16.7. The van der Waals surface area contributed by atoms with Gasteiger partial charge in [0, 0.05) is 0 Å². The third-order valence-corrected chi connectivity index (χ3v) is 6.07. The van der Waals surface area contributed by atoms with Gasteiger partial charge in [0.25, 0.3) is 0 Å². The molecule has 3 saturated heterocycles. The van der Waals surface area contributed by atoms with Gasteiger partial charge in [-0.15, -0.1) is 0 Å². The smallest absolute Gasteiger partial charge is 0.187 e. The molecule has 11 N–H and O–H groups in total. The van der Waals surface area contributed by atoms with Gasteiger partial charge in [-0.1, -0.05) is 0 Å². The fourth-order valence-corrected chi connectivity index (χ4v) is 3.94. The van der Waals surface area contributed by atoms with E-state index in [0.29, 0.717) is 0 Å². The van der Waals surface area contributed by atoms with E-state index in [4.69, 9.17) is 23.7 Å². The lowest BCUT2D eigenvalue weighted by Gasteiger charge is -2.45. The van der Waals surface area contributed by atoms with Crippen LogP contribution in [0.4, 0.5) is 0 Å². The number of rotatable bonds is 7. The minimum Gasteiger partial charge on any atom is -0.394 e. The standard InChI is InChI=1S/C18H32O16/c19-1-4-7(21)10(24)12(26)17(32-4)30-3-6-9(23)15(14(28)16(29)31-6)34-18-13(27)11(25)8(22)5(2-20)33-18/h4-29H,1-3H2/t4-,5-,6-,7-,8-,9-,10+,11+,12-,13-,14-,15+,16-,17+,18-/m1/s1. The van der Waals surface area contributed by atoms with E-state index in [0.717, 1.165) is 0 Å².